The van der Waals surface area contributed by atoms with Crippen molar-refractivity contribution in [2.24, 2.45) is 11.8 Å². The zero-order chi connectivity index (χ0) is 11.3. The van der Waals surface area contributed by atoms with Crippen LogP contribution in [0.3, 0.4) is 0 Å². The zero-order valence-corrected chi connectivity index (χ0v) is 9.28. The predicted octanol–water partition coefficient (Wildman–Crippen LogP) is 3.12. The van der Waals surface area contributed by atoms with Crippen LogP contribution in [0.2, 0.25) is 0 Å². The van der Waals surface area contributed by atoms with E-state index in [1.165, 1.54) is 0 Å². The molecule has 0 aromatic carbocycles. The first-order valence-corrected chi connectivity index (χ1v) is 5.76. The maximum Gasteiger partial charge on any atom is 0.303 e. The lowest BCUT2D eigenvalue weighted by atomic mass is 9.87. The lowest BCUT2D eigenvalue weighted by Gasteiger charge is -2.18. The van der Waals surface area contributed by atoms with E-state index in [1.807, 2.05) is 0 Å². The summed E-state index contributed by atoms with van der Waals surface area (Å²) in [6.07, 6.45) is 6.99. The second-order valence-corrected chi connectivity index (χ2v) is 4.32. The smallest absolute Gasteiger partial charge is 0.303 e. The van der Waals surface area contributed by atoms with Gasteiger partial charge in [0.05, 0.1) is 5.76 Å². The number of carboxylic acids is 1. The fraction of sp³-hybridized carbons (Fsp3) is 0.750. The number of hydrogen-bond donors (Lipinski definition) is 2. The molecule has 0 saturated carbocycles. The molecule has 3 heteroatoms. The van der Waals surface area contributed by atoms with Gasteiger partial charge in [-0.1, -0.05) is 26.2 Å². The molecule has 2 N–H and O–H groups in total. The Morgan fingerprint density at radius 2 is 2.27 bits per heavy atom. The molecule has 1 rings (SSSR count). The summed E-state index contributed by atoms with van der Waals surface area (Å²) < 4.78 is 0. The standard InChI is InChI=1S/C12H20O3/c1-2-3-4-5-10-9(8-12(14)15)6-7-11(10)13/h7,9-10,13H,2-6,8H2,1H3,(H,14,15). The molecule has 0 aromatic rings. The number of carbonyl (C=O) groups is 1. The molecule has 0 spiro atoms. The molecule has 3 nitrogen and oxygen atoms in total. The van der Waals surface area contributed by atoms with Gasteiger partial charge in [-0.25, -0.2) is 0 Å². The monoisotopic (exact) mass is 212 g/mol. The van der Waals surface area contributed by atoms with Gasteiger partial charge in [-0.15, -0.1) is 0 Å². The summed E-state index contributed by atoms with van der Waals surface area (Å²) in [5.74, 6) is -0.145. The highest BCUT2D eigenvalue weighted by Crippen LogP contribution is 2.36. The van der Waals surface area contributed by atoms with Crippen molar-refractivity contribution in [2.75, 3.05) is 0 Å². The van der Waals surface area contributed by atoms with Crippen LogP contribution < -0.4 is 0 Å². The highest BCUT2D eigenvalue weighted by Gasteiger charge is 2.30. The zero-order valence-electron chi connectivity index (χ0n) is 9.28. The van der Waals surface area contributed by atoms with Crippen LogP contribution in [-0.4, -0.2) is 16.2 Å². The van der Waals surface area contributed by atoms with Crippen LogP contribution in [0.1, 0.15) is 45.4 Å². The molecule has 86 valence electrons. The fourth-order valence-corrected chi connectivity index (χ4v) is 2.28. The largest absolute Gasteiger partial charge is 0.512 e. The van der Waals surface area contributed by atoms with Gasteiger partial charge in [-0.05, 0) is 24.8 Å². The summed E-state index contributed by atoms with van der Waals surface area (Å²) in [5, 5.41) is 18.4. The van der Waals surface area contributed by atoms with Crippen molar-refractivity contribution in [3.63, 3.8) is 0 Å². The van der Waals surface area contributed by atoms with Crippen LogP contribution in [0, 0.1) is 11.8 Å². The Labute approximate surface area is 90.8 Å². The number of rotatable bonds is 6. The van der Waals surface area contributed by atoms with Crippen LogP contribution in [0.25, 0.3) is 0 Å². The highest BCUT2D eigenvalue weighted by molar-refractivity contribution is 5.67. The summed E-state index contributed by atoms with van der Waals surface area (Å²) in [4.78, 5) is 10.6. The van der Waals surface area contributed by atoms with Crippen molar-refractivity contribution in [3.8, 4) is 0 Å². The molecule has 0 aromatic heterocycles. The number of carboxylic acid groups (broad SMARTS) is 1. The first-order valence-electron chi connectivity index (χ1n) is 5.76. The predicted molar refractivity (Wildman–Crippen MR) is 58.7 cm³/mol. The van der Waals surface area contributed by atoms with E-state index in [0.29, 0.717) is 5.76 Å². The topological polar surface area (TPSA) is 57.5 Å². The van der Waals surface area contributed by atoms with Gasteiger partial charge in [0.25, 0.3) is 0 Å². The maximum atomic E-state index is 10.6. The second-order valence-electron chi connectivity index (χ2n) is 4.32. The number of unbranched alkanes of at least 4 members (excludes halogenated alkanes) is 2. The van der Waals surface area contributed by atoms with Crippen molar-refractivity contribution in [1.82, 2.24) is 0 Å². The molecule has 2 unspecified atom stereocenters. The average molecular weight is 212 g/mol. The van der Waals surface area contributed by atoms with Gasteiger partial charge in [0.2, 0.25) is 0 Å². The molecule has 0 radical (unpaired) electrons. The molecule has 0 bridgehead atoms. The number of aliphatic hydroxyl groups excluding tert-OH is 1. The van der Waals surface area contributed by atoms with Crippen LogP contribution in [0.5, 0.6) is 0 Å². The van der Waals surface area contributed by atoms with Crippen molar-refractivity contribution < 1.29 is 15.0 Å². The summed E-state index contributed by atoms with van der Waals surface area (Å²) in [7, 11) is 0. The molecule has 1 aliphatic rings. The number of aliphatic hydroxyl groups is 1. The Kier molecular flexibility index (Phi) is 4.66. The molecule has 0 fully saturated rings. The first-order chi connectivity index (χ1) is 7.15. The van der Waals surface area contributed by atoms with E-state index in [4.69, 9.17) is 5.11 Å². The van der Waals surface area contributed by atoms with Gasteiger partial charge in [-0.3, -0.25) is 4.79 Å². The van der Waals surface area contributed by atoms with Crippen molar-refractivity contribution in [2.45, 2.75) is 45.4 Å². The van der Waals surface area contributed by atoms with E-state index >= 15 is 0 Å². The molecule has 0 saturated heterocycles. The molecule has 0 aliphatic heterocycles. The van der Waals surface area contributed by atoms with Crippen molar-refractivity contribution in [1.29, 1.82) is 0 Å². The summed E-state index contributed by atoms with van der Waals surface area (Å²) in [5.41, 5.74) is 0. The first kappa shape index (κ1) is 12.1. The van der Waals surface area contributed by atoms with E-state index in [9.17, 15) is 9.90 Å². The van der Waals surface area contributed by atoms with Gasteiger partial charge in [0.15, 0.2) is 0 Å². The van der Waals surface area contributed by atoms with Crippen molar-refractivity contribution in [3.05, 3.63) is 11.8 Å². The van der Waals surface area contributed by atoms with E-state index in [0.717, 1.165) is 32.1 Å². The second kappa shape index (κ2) is 5.79. The van der Waals surface area contributed by atoms with E-state index in [1.54, 1.807) is 6.08 Å². The normalized spacial score (nSPS) is 25.3. The molecule has 2 atom stereocenters. The van der Waals surface area contributed by atoms with Gasteiger partial charge >= 0.3 is 5.97 Å². The van der Waals surface area contributed by atoms with Gasteiger partial charge in [-0.2, -0.15) is 0 Å². The number of aliphatic carboxylic acids is 1. The number of hydrogen-bond acceptors (Lipinski definition) is 2. The average Bonchev–Trinajstić information content (AvgIpc) is 2.49. The third-order valence-electron chi connectivity index (χ3n) is 3.13. The quantitative estimate of drug-likeness (QED) is 0.665. The Morgan fingerprint density at radius 1 is 1.53 bits per heavy atom. The maximum absolute atomic E-state index is 10.6. The SMILES string of the molecule is CCCCCC1C(O)=CCC1CC(=O)O. The third kappa shape index (κ3) is 3.57. The van der Waals surface area contributed by atoms with Gasteiger partial charge in [0.1, 0.15) is 0 Å². The molecule has 0 heterocycles. The minimum absolute atomic E-state index is 0.0904. The van der Waals surface area contributed by atoms with E-state index < -0.39 is 5.97 Å². The Bertz CT molecular complexity index is 245. The number of allylic oxidation sites excluding steroid dienone is 2. The summed E-state index contributed by atoms with van der Waals surface area (Å²) >= 11 is 0. The molecule has 15 heavy (non-hydrogen) atoms. The van der Waals surface area contributed by atoms with Crippen LogP contribution in [0.4, 0.5) is 0 Å². The fourth-order valence-electron chi connectivity index (χ4n) is 2.28. The van der Waals surface area contributed by atoms with E-state index in [2.05, 4.69) is 6.92 Å². The molecule has 0 amide bonds. The Morgan fingerprint density at radius 3 is 2.87 bits per heavy atom. The molecular weight excluding hydrogens is 192 g/mol. The lowest BCUT2D eigenvalue weighted by molar-refractivity contribution is -0.138. The summed E-state index contributed by atoms with van der Waals surface area (Å²) in [6, 6.07) is 0. The van der Waals surface area contributed by atoms with Gasteiger partial charge in [0, 0.05) is 12.3 Å². The third-order valence-corrected chi connectivity index (χ3v) is 3.13. The summed E-state index contributed by atoms with van der Waals surface area (Å²) in [6.45, 7) is 2.14. The van der Waals surface area contributed by atoms with Crippen LogP contribution in [-0.2, 0) is 4.79 Å². The van der Waals surface area contributed by atoms with Gasteiger partial charge < -0.3 is 10.2 Å². The Balaban J connectivity index is 2.41. The Hall–Kier alpha value is -0.990. The van der Waals surface area contributed by atoms with Crippen LogP contribution in [0.15, 0.2) is 11.8 Å². The molecule has 1 aliphatic carbocycles. The minimum atomic E-state index is -0.761. The van der Waals surface area contributed by atoms with Crippen LogP contribution >= 0.6 is 0 Å². The highest BCUT2D eigenvalue weighted by atomic mass is 16.4. The minimum Gasteiger partial charge on any atom is -0.512 e. The van der Waals surface area contributed by atoms with E-state index in [-0.39, 0.29) is 18.3 Å². The molecular formula is C12H20O3. The lowest BCUT2D eigenvalue weighted by Crippen LogP contribution is -2.15. The van der Waals surface area contributed by atoms with Crippen molar-refractivity contribution >= 4 is 5.97 Å².